The fourth-order valence-corrected chi connectivity index (χ4v) is 8.77. The van der Waals surface area contributed by atoms with E-state index in [2.05, 4.69) is 59.8 Å². The first-order chi connectivity index (χ1) is 16.2. The summed E-state index contributed by atoms with van der Waals surface area (Å²) in [6.07, 6.45) is 2.06. The molecule has 1 saturated heterocycles. The number of hydrogen-bond donors (Lipinski definition) is 1. The summed E-state index contributed by atoms with van der Waals surface area (Å²) in [4.78, 5) is 15.2. The largest absolute Gasteiger partial charge is 0.394 e. The number of aryl methyl sites for hydroxylation is 1. The summed E-state index contributed by atoms with van der Waals surface area (Å²) in [5.74, 6) is 0.0244. The van der Waals surface area contributed by atoms with Crippen LogP contribution in [0, 0.1) is 9.49 Å². The molecule has 0 saturated carbocycles. The highest BCUT2D eigenvalue weighted by molar-refractivity contribution is 14.1. The number of carbonyl (C=O) groups excluding carboxylic acids is 1. The molecule has 0 bridgehead atoms. The Morgan fingerprint density at radius 1 is 1.15 bits per heavy atom. The summed E-state index contributed by atoms with van der Waals surface area (Å²) in [7, 11) is -3.05. The summed E-state index contributed by atoms with van der Waals surface area (Å²) in [6.45, 7) is 5.98. The lowest BCUT2D eigenvalue weighted by Gasteiger charge is -2.37. The van der Waals surface area contributed by atoms with Gasteiger partial charge in [-0.25, -0.2) is 0 Å². The first kappa shape index (κ1) is 25.8. The fraction of sp³-hybridized carbons (Fsp3) is 0.519. The Labute approximate surface area is 217 Å². The minimum Gasteiger partial charge on any atom is -0.394 e. The zero-order chi connectivity index (χ0) is 24.5. The molecule has 0 aromatic heterocycles. The molecule has 1 N–H and O–H groups in total. The number of carbonyl (C=O) groups is 1. The smallest absolute Gasteiger partial charge is 0.246 e. The SMILES string of the molecule is C[C@H]1[C@H]([Si](C)(C)F)[C@@H](CC(=O)N2Cc3ccccc3C[C@H]2CO)O[C@H]1CCc1ccc(I)cc1. The maximum absolute atomic E-state index is 15.5. The lowest BCUT2D eigenvalue weighted by Crippen LogP contribution is -2.48. The highest BCUT2D eigenvalue weighted by atomic mass is 127. The number of nitrogens with zero attached hydrogens (tertiary/aromatic N) is 1. The summed E-state index contributed by atoms with van der Waals surface area (Å²) >= 11 is 2.30. The highest BCUT2D eigenvalue weighted by Gasteiger charge is 2.52. The van der Waals surface area contributed by atoms with Gasteiger partial charge in [-0.1, -0.05) is 43.3 Å². The van der Waals surface area contributed by atoms with Crippen LogP contribution in [0.1, 0.15) is 36.5 Å². The van der Waals surface area contributed by atoms with Crippen LogP contribution >= 0.6 is 22.6 Å². The molecule has 184 valence electrons. The number of benzene rings is 2. The predicted octanol–water partition coefficient (Wildman–Crippen LogP) is 5.51. The average Bonchev–Trinajstić information content (AvgIpc) is 3.12. The Kier molecular flexibility index (Phi) is 8.16. The Bertz CT molecular complexity index is 996. The molecule has 2 aromatic rings. The molecular formula is C27H35FINO3Si. The van der Waals surface area contributed by atoms with Crippen molar-refractivity contribution in [3.8, 4) is 0 Å². The topological polar surface area (TPSA) is 49.8 Å². The van der Waals surface area contributed by atoms with Gasteiger partial charge in [0.1, 0.15) is 0 Å². The minimum atomic E-state index is -3.05. The monoisotopic (exact) mass is 595 g/mol. The van der Waals surface area contributed by atoms with E-state index in [1.165, 1.54) is 14.7 Å². The average molecular weight is 596 g/mol. The molecule has 0 aliphatic carbocycles. The van der Waals surface area contributed by atoms with E-state index in [-0.39, 0.29) is 42.5 Å². The molecule has 0 unspecified atom stereocenters. The number of amides is 1. The highest BCUT2D eigenvalue weighted by Crippen LogP contribution is 2.47. The van der Waals surface area contributed by atoms with E-state index >= 15 is 4.11 Å². The van der Waals surface area contributed by atoms with Crippen LogP contribution in [-0.4, -0.2) is 49.2 Å². The van der Waals surface area contributed by atoms with Crippen LogP contribution in [0.2, 0.25) is 18.6 Å². The molecule has 4 nitrogen and oxygen atoms in total. The van der Waals surface area contributed by atoms with Crippen LogP contribution in [0.25, 0.3) is 0 Å². The quantitative estimate of drug-likeness (QED) is 0.261. The van der Waals surface area contributed by atoms with Crippen molar-refractivity contribution in [2.45, 2.75) is 76.0 Å². The van der Waals surface area contributed by atoms with Crippen molar-refractivity contribution in [2.24, 2.45) is 5.92 Å². The number of hydrogen-bond acceptors (Lipinski definition) is 3. The molecule has 2 aliphatic rings. The zero-order valence-corrected chi connectivity index (χ0v) is 23.4. The Balaban J connectivity index is 1.46. The van der Waals surface area contributed by atoms with Crippen molar-refractivity contribution in [3.63, 3.8) is 0 Å². The van der Waals surface area contributed by atoms with E-state index in [4.69, 9.17) is 4.74 Å². The van der Waals surface area contributed by atoms with Crippen LogP contribution in [0.3, 0.4) is 0 Å². The van der Waals surface area contributed by atoms with E-state index in [9.17, 15) is 9.90 Å². The molecule has 2 aliphatic heterocycles. The molecule has 4 rings (SSSR count). The lowest BCUT2D eigenvalue weighted by molar-refractivity contribution is -0.138. The Morgan fingerprint density at radius 2 is 1.82 bits per heavy atom. The third-order valence-corrected chi connectivity index (χ3v) is 10.8. The summed E-state index contributed by atoms with van der Waals surface area (Å²) in [6, 6.07) is 16.3. The second-order valence-electron chi connectivity index (χ2n) is 10.4. The van der Waals surface area contributed by atoms with Gasteiger partial charge in [0.15, 0.2) is 0 Å². The van der Waals surface area contributed by atoms with Crippen molar-refractivity contribution in [2.75, 3.05) is 6.61 Å². The van der Waals surface area contributed by atoms with Crippen LogP contribution in [0.15, 0.2) is 48.5 Å². The summed E-state index contributed by atoms with van der Waals surface area (Å²) in [5, 5.41) is 9.98. The first-order valence-corrected chi connectivity index (χ1v) is 16.3. The number of ether oxygens (including phenoxy) is 1. The van der Waals surface area contributed by atoms with Crippen molar-refractivity contribution >= 4 is 36.9 Å². The van der Waals surface area contributed by atoms with Crippen molar-refractivity contribution in [3.05, 3.63) is 68.8 Å². The van der Waals surface area contributed by atoms with Crippen molar-refractivity contribution in [1.29, 1.82) is 0 Å². The summed E-state index contributed by atoms with van der Waals surface area (Å²) in [5.41, 5.74) is 3.33. The molecule has 0 radical (unpaired) electrons. The predicted molar refractivity (Wildman–Crippen MR) is 144 cm³/mol. The maximum Gasteiger partial charge on any atom is 0.246 e. The van der Waals surface area contributed by atoms with Gasteiger partial charge in [0, 0.05) is 15.7 Å². The van der Waals surface area contributed by atoms with Crippen molar-refractivity contribution < 1.29 is 18.7 Å². The lowest BCUT2D eigenvalue weighted by atomic mass is 9.93. The first-order valence-electron chi connectivity index (χ1n) is 12.2. The van der Waals surface area contributed by atoms with Gasteiger partial charge in [-0.3, -0.25) is 4.79 Å². The second kappa shape index (κ2) is 10.8. The molecule has 2 heterocycles. The fourth-order valence-electron chi connectivity index (χ4n) is 5.87. The molecule has 2 aromatic carbocycles. The molecule has 1 fully saturated rings. The van der Waals surface area contributed by atoms with E-state index in [1.807, 2.05) is 18.2 Å². The van der Waals surface area contributed by atoms with Crippen molar-refractivity contribution in [1.82, 2.24) is 4.90 Å². The number of aliphatic hydroxyl groups excluding tert-OH is 1. The van der Waals surface area contributed by atoms with Crippen LogP contribution in [0.5, 0.6) is 0 Å². The number of halogens is 2. The van der Waals surface area contributed by atoms with Crippen LogP contribution in [-0.2, 0) is 28.9 Å². The molecule has 5 atom stereocenters. The Hall–Kier alpha value is -1.29. The molecule has 1 amide bonds. The standard InChI is InChI=1S/C27H35FINO3Si/c1-18-24(13-10-19-8-11-22(29)12-9-19)33-25(27(18)34(2,3)28)15-26(32)30-16-21-7-5-4-6-20(21)14-23(30)17-31/h4-9,11-12,18,23-25,27,31H,10,13-17H2,1-3H3/t18-,23+,24+,25-,27+/m1/s1. The van der Waals surface area contributed by atoms with Gasteiger partial charge in [0.25, 0.3) is 0 Å². The van der Waals surface area contributed by atoms with Gasteiger partial charge in [0.2, 0.25) is 14.3 Å². The molecule has 0 spiro atoms. The molecule has 7 heteroatoms. The third kappa shape index (κ3) is 5.74. The third-order valence-electron chi connectivity index (χ3n) is 7.59. The molecule has 34 heavy (non-hydrogen) atoms. The van der Waals surface area contributed by atoms with Gasteiger partial charge < -0.3 is 18.9 Å². The number of aliphatic hydroxyl groups is 1. The van der Waals surface area contributed by atoms with Gasteiger partial charge >= 0.3 is 0 Å². The number of rotatable bonds is 7. The van der Waals surface area contributed by atoms with Gasteiger partial charge in [-0.15, -0.1) is 0 Å². The van der Waals surface area contributed by atoms with E-state index < -0.39 is 14.5 Å². The van der Waals surface area contributed by atoms with E-state index in [1.54, 1.807) is 18.0 Å². The second-order valence-corrected chi connectivity index (χ2v) is 15.4. The van der Waals surface area contributed by atoms with Crippen LogP contribution in [0.4, 0.5) is 4.11 Å². The normalized spacial score (nSPS) is 27.0. The number of fused-ring (bicyclic) bond motifs is 1. The Morgan fingerprint density at radius 3 is 2.47 bits per heavy atom. The maximum atomic E-state index is 15.5. The van der Waals surface area contributed by atoms with Crippen LogP contribution < -0.4 is 0 Å². The zero-order valence-electron chi connectivity index (χ0n) is 20.2. The summed E-state index contributed by atoms with van der Waals surface area (Å²) < 4.78 is 23.1. The molecular weight excluding hydrogens is 560 g/mol. The minimum absolute atomic E-state index is 0.0488. The van der Waals surface area contributed by atoms with Gasteiger partial charge in [-0.2, -0.15) is 0 Å². The van der Waals surface area contributed by atoms with Gasteiger partial charge in [-0.05, 0) is 89.7 Å². The van der Waals surface area contributed by atoms with Gasteiger partial charge in [0.05, 0.1) is 31.3 Å². The van der Waals surface area contributed by atoms with E-state index in [0.29, 0.717) is 13.0 Å². The van der Waals surface area contributed by atoms with E-state index in [0.717, 1.165) is 18.4 Å².